The molecule has 2 heterocycles. The molecule has 5 N–H and O–H groups in total. The number of hydrogen-bond donors (Lipinski definition) is 4. The number of carbonyl (C=O) groups excluding carboxylic acids is 1. The van der Waals surface area contributed by atoms with Crippen LogP contribution in [0.3, 0.4) is 0 Å². The fourth-order valence-corrected chi connectivity index (χ4v) is 2.59. The van der Waals surface area contributed by atoms with Gasteiger partial charge < -0.3 is 21.3 Å². The lowest BCUT2D eigenvalue weighted by Gasteiger charge is -2.27. The van der Waals surface area contributed by atoms with E-state index in [2.05, 4.69) is 20.6 Å². The summed E-state index contributed by atoms with van der Waals surface area (Å²) in [5, 5.41) is 6.44. The minimum Gasteiger partial charge on any atom is -0.340 e. The number of anilines is 2. The van der Waals surface area contributed by atoms with Gasteiger partial charge in [-0.1, -0.05) is 0 Å². The van der Waals surface area contributed by atoms with Gasteiger partial charge >= 0.3 is 0 Å². The summed E-state index contributed by atoms with van der Waals surface area (Å²) in [7, 11) is 0. The highest BCUT2D eigenvalue weighted by Gasteiger charge is 2.14. The Morgan fingerprint density at radius 1 is 1.28 bits per heavy atom. The number of hydrogen-bond acceptors (Lipinski definition) is 6. The number of piperazine rings is 1. The molecule has 3 rings (SSSR count). The van der Waals surface area contributed by atoms with Gasteiger partial charge in [0.2, 0.25) is 11.9 Å². The van der Waals surface area contributed by atoms with Crippen LogP contribution in [0.2, 0.25) is 0 Å². The van der Waals surface area contributed by atoms with E-state index in [9.17, 15) is 9.59 Å². The molecule has 0 spiro atoms. The molecule has 0 radical (unpaired) electrons. The first-order valence-electron chi connectivity index (χ1n) is 7.67. The van der Waals surface area contributed by atoms with Crippen LogP contribution in [-0.4, -0.2) is 48.6 Å². The number of halogens is 2. The Bertz CT molecular complexity index is 776. The second-order valence-electron chi connectivity index (χ2n) is 5.45. The molecule has 1 amide bonds. The predicted octanol–water partition coefficient (Wildman–Crippen LogP) is 0.464. The normalized spacial score (nSPS) is 13.7. The van der Waals surface area contributed by atoms with Gasteiger partial charge in [-0.3, -0.25) is 14.6 Å². The summed E-state index contributed by atoms with van der Waals surface area (Å²) in [5.74, 6) is 0.414. The Balaban J connectivity index is 0.00000156. The third-order valence-electron chi connectivity index (χ3n) is 3.76. The van der Waals surface area contributed by atoms with E-state index in [1.165, 1.54) is 0 Å². The van der Waals surface area contributed by atoms with Crippen LogP contribution in [0.1, 0.15) is 6.42 Å². The molecule has 1 aliphatic rings. The lowest BCUT2D eigenvalue weighted by molar-refractivity contribution is -0.116. The Morgan fingerprint density at radius 2 is 2.00 bits per heavy atom. The highest BCUT2D eigenvalue weighted by atomic mass is 35.5. The SMILES string of the molecule is Cl.Cl.NCCC(=O)Nc1ccc2nc(N3CCNCC3)[nH]c(=O)c2c1. The second kappa shape index (κ2) is 9.57. The van der Waals surface area contributed by atoms with Crippen molar-refractivity contribution in [1.29, 1.82) is 0 Å². The van der Waals surface area contributed by atoms with Crippen molar-refractivity contribution in [2.24, 2.45) is 5.73 Å². The van der Waals surface area contributed by atoms with Crippen LogP contribution in [-0.2, 0) is 4.79 Å². The van der Waals surface area contributed by atoms with Crippen LogP contribution in [0, 0.1) is 0 Å². The molecule has 0 saturated carbocycles. The van der Waals surface area contributed by atoms with Crippen molar-refractivity contribution < 1.29 is 4.79 Å². The van der Waals surface area contributed by atoms with E-state index < -0.39 is 0 Å². The molecule has 138 valence electrons. The topological polar surface area (TPSA) is 116 Å². The van der Waals surface area contributed by atoms with Crippen LogP contribution in [0.5, 0.6) is 0 Å². The van der Waals surface area contributed by atoms with Crippen LogP contribution in [0.15, 0.2) is 23.0 Å². The summed E-state index contributed by atoms with van der Waals surface area (Å²) < 4.78 is 0. The van der Waals surface area contributed by atoms with Gasteiger partial charge in [0.1, 0.15) is 0 Å². The molecule has 0 aliphatic carbocycles. The van der Waals surface area contributed by atoms with E-state index in [4.69, 9.17) is 5.73 Å². The number of nitrogens with zero attached hydrogens (tertiary/aromatic N) is 2. The molecule has 1 aliphatic heterocycles. The van der Waals surface area contributed by atoms with E-state index in [-0.39, 0.29) is 49.2 Å². The first kappa shape index (κ1) is 21.2. The Kier molecular flexibility index (Phi) is 8.11. The van der Waals surface area contributed by atoms with Crippen molar-refractivity contribution in [2.45, 2.75) is 6.42 Å². The number of nitrogens with one attached hydrogen (secondary N) is 3. The zero-order valence-electron chi connectivity index (χ0n) is 13.6. The quantitative estimate of drug-likeness (QED) is 0.604. The molecule has 0 bridgehead atoms. The standard InChI is InChI=1S/C15H20N6O2.2ClH/c16-4-3-13(22)18-10-1-2-12-11(9-10)14(23)20-15(19-12)21-7-5-17-6-8-21;;/h1-2,9,17H,3-8,16H2,(H,18,22)(H,19,20,23);2*1H. The number of benzene rings is 1. The molecular weight excluding hydrogens is 367 g/mol. The van der Waals surface area contributed by atoms with E-state index in [0.29, 0.717) is 22.5 Å². The maximum absolute atomic E-state index is 12.3. The third kappa shape index (κ3) is 5.05. The van der Waals surface area contributed by atoms with E-state index in [1.807, 2.05) is 4.90 Å². The fourth-order valence-electron chi connectivity index (χ4n) is 2.59. The lowest BCUT2D eigenvalue weighted by atomic mass is 10.2. The Hall–Kier alpha value is -1.87. The summed E-state index contributed by atoms with van der Waals surface area (Å²) in [5.41, 5.74) is 6.32. The average Bonchev–Trinajstić information content (AvgIpc) is 2.56. The molecule has 1 fully saturated rings. The molecule has 10 heteroatoms. The number of rotatable bonds is 4. The van der Waals surface area contributed by atoms with Crippen molar-refractivity contribution in [3.63, 3.8) is 0 Å². The first-order chi connectivity index (χ1) is 11.2. The number of amides is 1. The van der Waals surface area contributed by atoms with E-state index in [0.717, 1.165) is 26.2 Å². The van der Waals surface area contributed by atoms with Gasteiger partial charge in [-0.25, -0.2) is 4.98 Å². The number of fused-ring (bicyclic) bond motifs is 1. The van der Waals surface area contributed by atoms with E-state index in [1.54, 1.807) is 18.2 Å². The molecule has 0 unspecified atom stereocenters. The summed E-state index contributed by atoms with van der Waals surface area (Å²) in [6, 6.07) is 5.12. The van der Waals surface area contributed by atoms with Crippen molar-refractivity contribution >= 4 is 53.3 Å². The number of aromatic amines is 1. The molecule has 25 heavy (non-hydrogen) atoms. The van der Waals surface area contributed by atoms with Crippen molar-refractivity contribution in [2.75, 3.05) is 42.9 Å². The zero-order valence-corrected chi connectivity index (χ0v) is 15.2. The second-order valence-corrected chi connectivity index (χ2v) is 5.45. The van der Waals surface area contributed by atoms with E-state index >= 15 is 0 Å². The maximum atomic E-state index is 12.3. The summed E-state index contributed by atoms with van der Waals surface area (Å²) in [6.07, 6.45) is 0.245. The van der Waals surface area contributed by atoms with Gasteiger partial charge in [-0.15, -0.1) is 24.8 Å². The average molecular weight is 389 g/mol. The van der Waals surface area contributed by atoms with Crippen molar-refractivity contribution in [3.05, 3.63) is 28.6 Å². The Morgan fingerprint density at radius 3 is 2.68 bits per heavy atom. The minimum absolute atomic E-state index is 0. The molecule has 8 nitrogen and oxygen atoms in total. The van der Waals surface area contributed by atoms with Gasteiger partial charge in [-0.2, -0.15) is 0 Å². The summed E-state index contributed by atoms with van der Waals surface area (Å²) in [4.78, 5) is 33.3. The molecule has 1 aromatic heterocycles. The lowest BCUT2D eigenvalue weighted by Crippen LogP contribution is -2.44. The highest BCUT2D eigenvalue weighted by Crippen LogP contribution is 2.17. The predicted molar refractivity (Wildman–Crippen MR) is 104 cm³/mol. The number of aromatic nitrogens is 2. The summed E-state index contributed by atoms with van der Waals surface area (Å²) in [6.45, 7) is 3.64. The van der Waals surface area contributed by atoms with Gasteiger partial charge in [0.25, 0.3) is 5.56 Å². The first-order valence-corrected chi connectivity index (χ1v) is 7.67. The molecule has 1 saturated heterocycles. The number of carbonyl (C=O) groups is 1. The van der Waals surface area contributed by atoms with Gasteiger partial charge in [0.15, 0.2) is 0 Å². The molecule has 2 aromatic rings. The van der Waals surface area contributed by atoms with Gasteiger partial charge in [0.05, 0.1) is 10.9 Å². The smallest absolute Gasteiger partial charge is 0.260 e. The number of H-pyrrole nitrogens is 1. The third-order valence-corrected chi connectivity index (χ3v) is 3.76. The minimum atomic E-state index is -0.210. The van der Waals surface area contributed by atoms with Crippen LogP contribution in [0.25, 0.3) is 10.9 Å². The molecule has 0 atom stereocenters. The Labute approximate surface area is 157 Å². The molecule has 1 aromatic carbocycles. The monoisotopic (exact) mass is 388 g/mol. The number of nitrogens with two attached hydrogens (primary N) is 1. The largest absolute Gasteiger partial charge is 0.340 e. The van der Waals surface area contributed by atoms with Crippen molar-refractivity contribution in [1.82, 2.24) is 15.3 Å². The fraction of sp³-hybridized carbons (Fsp3) is 0.400. The maximum Gasteiger partial charge on any atom is 0.260 e. The molecular formula is C15H22Cl2N6O2. The van der Waals surface area contributed by atoms with Crippen molar-refractivity contribution in [3.8, 4) is 0 Å². The van der Waals surface area contributed by atoms with Crippen LogP contribution < -0.4 is 26.8 Å². The van der Waals surface area contributed by atoms with Crippen LogP contribution in [0.4, 0.5) is 11.6 Å². The van der Waals surface area contributed by atoms with Gasteiger partial charge in [-0.05, 0) is 18.2 Å². The van der Waals surface area contributed by atoms with Gasteiger partial charge in [0, 0.05) is 44.8 Å². The summed E-state index contributed by atoms with van der Waals surface area (Å²) >= 11 is 0. The zero-order chi connectivity index (χ0) is 16.2. The highest BCUT2D eigenvalue weighted by molar-refractivity contribution is 5.93. The van der Waals surface area contributed by atoms with Crippen LogP contribution >= 0.6 is 24.8 Å².